The molecule has 9 heteroatoms. The molecule has 1 aromatic carbocycles. The Morgan fingerprint density at radius 2 is 1.94 bits per heavy atom. The number of fused-ring (bicyclic) bond motifs is 1. The second-order valence-corrected chi connectivity index (χ2v) is 10.4. The minimum Gasteiger partial charge on any atom is -0.388 e. The zero-order valence-electron chi connectivity index (χ0n) is 21.4. The fourth-order valence-electron chi connectivity index (χ4n) is 5.81. The molecule has 4 N–H and O–H groups in total. The summed E-state index contributed by atoms with van der Waals surface area (Å²) >= 11 is 0. The van der Waals surface area contributed by atoms with Gasteiger partial charge in [-0.2, -0.15) is 0 Å². The van der Waals surface area contributed by atoms with Crippen LogP contribution in [0.1, 0.15) is 92.4 Å². The van der Waals surface area contributed by atoms with Crippen LogP contribution in [0.15, 0.2) is 34.9 Å². The smallest absolute Gasteiger partial charge is 0.239 e. The molecule has 3 aliphatic rings. The zero-order chi connectivity index (χ0) is 25.7. The number of aliphatic hydroxyl groups is 1. The van der Waals surface area contributed by atoms with Gasteiger partial charge in [-0.25, -0.2) is 10.4 Å². The van der Waals surface area contributed by atoms with Crippen molar-refractivity contribution in [1.29, 1.82) is 0 Å². The number of nitrogens with zero attached hydrogens (tertiary/aromatic N) is 3. The third kappa shape index (κ3) is 5.63. The normalized spacial score (nSPS) is 23.3. The second-order valence-electron chi connectivity index (χ2n) is 10.4. The molecular weight excluding hydrogens is 458 g/mol. The van der Waals surface area contributed by atoms with Crippen LogP contribution < -0.4 is 11.2 Å². The Bertz CT molecular complexity index is 1000. The van der Waals surface area contributed by atoms with E-state index >= 15 is 0 Å². The molecule has 2 atom stereocenters. The first-order valence-electron chi connectivity index (χ1n) is 13.0. The summed E-state index contributed by atoms with van der Waals surface area (Å²) in [5.41, 5.74) is 11.7. The Morgan fingerprint density at radius 1 is 1.28 bits per heavy atom. The Morgan fingerprint density at radius 3 is 2.56 bits per heavy atom. The molecule has 2 aliphatic carbocycles. The molecule has 1 aromatic heterocycles. The molecular formula is C27H39N5O4. The highest BCUT2D eigenvalue weighted by molar-refractivity contribution is 5.84. The molecule has 5 rings (SSSR count). The van der Waals surface area contributed by atoms with Crippen LogP contribution in [-0.4, -0.2) is 58.2 Å². The number of carbonyl (C=O) groups is 2. The van der Waals surface area contributed by atoms with Crippen LogP contribution in [0.4, 0.5) is 0 Å². The number of piperidine rings is 1. The van der Waals surface area contributed by atoms with Gasteiger partial charge < -0.3 is 20.3 Å². The number of hydrogen-bond donors (Lipinski definition) is 3. The molecule has 2 amide bonds. The number of rotatable bonds is 7. The predicted molar refractivity (Wildman–Crippen MR) is 136 cm³/mol. The summed E-state index contributed by atoms with van der Waals surface area (Å²) in [5.74, 6) is 1.32. The van der Waals surface area contributed by atoms with Crippen molar-refractivity contribution >= 4 is 12.3 Å². The molecule has 1 saturated carbocycles. The number of carbonyl (C=O) groups excluding carboxylic acids is 2. The Balaban J connectivity index is 0.000000229. The third-order valence-corrected chi connectivity index (χ3v) is 8.16. The maximum atomic E-state index is 11.9. The van der Waals surface area contributed by atoms with E-state index in [0.717, 1.165) is 81.5 Å². The number of amides is 2. The molecule has 0 bridgehead atoms. The average molecular weight is 498 g/mol. The zero-order valence-corrected chi connectivity index (χ0v) is 21.4. The number of hydrogen-bond acceptors (Lipinski definition) is 7. The van der Waals surface area contributed by atoms with E-state index in [1.807, 2.05) is 36.3 Å². The van der Waals surface area contributed by atoms with Gasteiger partial charge in [0, 0.05) is 32.1 Å². The lowest BCUT2D eigenvalue weighted by Gasteiger charge is -2.35. The number of nitrogens with one attached hydrogen (secondary N) is 1. The first kappa shape index (κ1) is 26.3. The number of nitrogens with two attached hydrogens (primary N) is 1. The molecule has 0 spiro atoms. The first-order chi connectivity index (χ1) is 17.3. The lowest BCUT2D eigenvalue weighted by Crippen LogP contribution is -2.58. The summed E-state index contributed by atoms with van der Waals surface area (Å²) in [4.78, 5) is 24.5. The van der Waals surface area contributed by atoms with E-state index in [-0.39, 0.29) is 12.0 Å². The molecule has 2 unspecified atom stereocenters. The molecule has 2 heterocycles. The number of aliphatic hydroxyl groups excluding tert-OH is 1. The van der Waals surface area contributed by atoms with E-state index in [1.165, 1.54) is 5.56 Å². The van der Waals surface area contributed by atoms with Crippen LogP contribution >= 0.6 is 0 Å². The molecule has 9 nitrogen and oxygen atoms in total. The van der Waals surface area contributed by atoms with Crippen LogP contribution in [0.5, 0.6) is 0 Å². The molecule has 2 aromatic rings. The highest BCUT2D eigenvalue weighted by atomic mass is 16.5. The summed E-state index contributed by atoms with van der Waals surface area (Å²) in [6.07, 6.45) is 6.97. The SMILES string of the molecule is CC1CC(O)c2ccccc21.CN(NCc1cc(C2CCN(C=O)CC2)no1)C1(C(N)=O)CCCC1. The molecule has 0 radical (unpaired) electrons. The van der Waals surface area contributed by atoms with E-state index in [2.05, 4.69) is 23.6 Å². The van der Waals surface area contributed by atoms with E-state index in [1.54, 1.807) is 4.90 Å². The standard InChI is InChI=1S/C17H27N5O3.C10H12O/c1-21(17(16(18)24)6-2-3-7-17)19-11-14-10-15(20-25-14)13-4-8-22(12-23)9-5-13;1-7-6-10(11)9-5-3-2-4-8(7)9/h10,12-13,19H,2-9,11H2,1H3,(H2,18,24);2-5,7,10-11H,6H2,1H3. The van der Waals surface area contributed by atoms with Gasteiger partial charge in [0.15, 0.2) is 5.76 Å². The molecule has 196 valence electrons. The van der Waals surface area contributed by atoms with Crippen LogP contribution in [0.2, 0.25) is 0 Å². The fraction of sp³-hybridized carbons (Fsp3) is 0.593. The largest absolute Gasteiger partial charge is 0.388 e. The summed E-state index contributed by atoms with van der Waals surface area (Å²) < 4.78 is 5.44. The van der Waals surface area contributed by atoms with Gasteiger partial charge in [0.2, 0.25) is 12.3 Å². The molecule has 1 aliphatic heterocycles. The second kappa shape index (κ2) is 11.5. The number of primary amides is 1. The van der Waals surface area contributed by atoms with Crippen molar-refractivity contribution in [1.82, 2.24) is 20.5 Å². The van der Waals surface area contributed by atoms with Crippen molar-refractivity contribution in [2.75, 3.05) is 20.1 Å². The van der Waals surface area contributed by atoms with Crippen LogP contribution in [0.3, 0.4) is 0 Å². The highest BCUT2D eigenvalue weighted by Gasteiger charge is 2.43. The van der Waals surface area contributed by atoms with Crippen molar-refractivity contribution in [2.24, 2.45) is 5.73 Å². The van der Waals surface area contributed by atoms with Gasteiger partial charge in [0.1, 0.15) is 5.54 Å². The van der Waals surface area contributed by atoms with Crippen LogP contribution in [-0.2, 0) is 16.1 Å². The van der Waals surface area contributed by atoms with Gasteiger partial charge >= 0.3 is 0 Å². The number of likely N-dealkylation sites (tertiary alicyclic amines) is 1. The monoisotopic (exact) mass is 497 g/mol. The summed E-state index contributed by atoms with van der Waals surface area (Å²) in [5, 5.41) is 15.6. The fourth-order valence-corrected chi connectivity index (χ4v) is 5.81. The molecule has 1 saturated heterocycles. The number of aromatic nitrogens is 1. The van der Waals surface area contributed by atoms with E-state index in [9.17, 15) is 14.7 Å². The van der Waals surface area contributed by atoms with Crippen molar-refractivity contribution in [3.63, 3.8) is 0 Å². The molecule has 2 fully saturated rings. The summed E-state index contributed by atoms with van der Waals surface area (Å²) in [6, 6.07) is 10.1. The molecule has 36 heavy (non-hydrogen) atoms. The Kier molecular flexibility index (Phi) is 8.43. The topological polar surface area (TPSA) is 125 Å². The number of hydrazine groups is 1. The van der Waals surface area contributed by atoms with Crippen molar-refractivity contribution in [3.05, 3.63) is 52.9 Å². The van der Waals surface area contributed by atoms with E-state index in [4.69, 9.17) is 10.3 Å². The predicted octanol–water partition coefficient (Wildman–Crippen LogP) is 2.97. The van der Waals surface area contributed by atoms with Gasteiger partial charge in [0.25, 0.3) is 0 Å². The Hall–Kier alpha value is -2.75. The Labute approximate surface area is 213 Å². The number of benzene rings is 1. The summed E-state index contributed by atoms with van der Waals surface area (Å²) in [6.45, 7) is 4.15. The maximum Gasteiger partial charge on any atom is 0.239 e. The number of likely N-dealkylation sites (N-methyl/N-ethyl adjacent to an activating group) is 1. The van der Waals surface area contributed by atoms with Gasteiger partial charge in [-0.15, -0.1) is 0 Å². The van der Waals surface area contributed by atoms with E-state index < -0.39 is 5.54 Å². The van der Waals surface area contributed by atoms with Crippen molar-refractivity contribution in [2.45, 2.75) is 81.9 Å². The first-order valence-corrected chi connectivity index (χ1v) is 13.0. The third-order valence-electron chi connectivity index (χ3n) is 8.16. The van der Waals surface area contributed by atoms with Gasteiger partial charge in [-0.05, 0) is 49.1 Å². The quantitative estimate of drug-likeness (QED) is 0.397. The van der Waals surface area contributed by atoms with Crippen molar-refractivity contribution < 1.29 is 19.2 Å². The van der Waals surface area contributed by atoms with Crippen LogP contribution in [0, 0.1) is 0 Å². The maximum absolute atomic E-state index is 11.9. The highest BCUT2D eigenvalue weighted by Crippen LogP contribution is 2.39. The minimum absolute atomic E-state index is 0.221. The average Bonchev–Trinajstić information content (AvgIpc) is 3.64. The van der Waals surface area contributed by atoms with E-state index in [0.29, 0.717) is 18.4 Å². The van der Waals surface area contributed by atoms with Gasteiger partial charge in [0.05, 0.1) is 18.3 Å². The van der Waals surface area contributed by atoms with Crippen molar-refractivity contribution in [3.8, 4) is 0 Å². The lowest BCUT2D eigenvalue weighted by atomic mass is 9.94. The van der Waals surface area contributed by atoms with Gasteiger partial charge in [-0.3, -0.25) is 9.59 Å². The lowest BCUT2D eigenvalue weighted by molar-refractivity contribution is -0.131. The minimum atomic E-state index is -0.607. The van der Waals surface area contributed by atoms with Crippen LogP contribution in [0.25, 0.3) is 0 Å². The summed E-state index contributed by atoms with van der Waals surface area (Å²) in [7, 11) is 1.86. The van der Waals surface area contributed by atoms with Gasteiger partial charge in [-0.1, -0.05) is 49.2 Å².